The quantitative estimate of drug-likeness (QED) is 0.910. The van der Waals surface area contributed by atoms with Crippen molar-refractivity contribution in [3.05, 3.63) is 59.2 Å². The van der Waals surface area contributed by atoms with E-state index in [1.165, 1.54) is 0 Å². The van der Waals surface area contributed by atoms with Gasteiger partial charge in [0.15, 0.2) is 0 Å². The molecule has 0 atom stereocenters. The summed E-state index contributed by atoms with van der Waals surface area (Å²) in [6.07, 6.45) is 1.08. The molecule has 2 aromatic carbocycles. The number of hydrogen-bond acceptors (Lipinski definition) is 3. The van der Waals surface area contributed by atoms with Gasteiger partial charge in [0.1, 0.15) is 0 Å². The molecular formula is C16H18N2O3S. The van der Waals surface area contributed by atoms with Gasteiger partial charge >= 0.3 is 0 Å². The van der Waals surface area contributed by atoms with Crippen molar-refractivity contribution in [2.75, 3.05) is 16.3 Å². The fraction of sp³-hybridized carbons (Fsp3) is 0.188. The Balaban J connectivity index is 2.11. The van der Waals surface area contributed by atoms with Crippen LogP contribution >= 0.6 is 0 Å². The van der Waals surface area contributed by atoms with Gasteiger partial charge in [-0.3, -0.25) is 9.52 Å². The Bertz CT molecular complexity index is 797. The normalized spacial score (nSPS) is 11.0. The molecule has 6 heteroatoms. The first-order valence-electron chi connectivity index (χ1n) is 6.71. The van der Waals surface area contributed by atoms with E-state index in [-0.39, 0.29) is 5.91 Å². The zero-order valence-corrected chi connectivity index (χ0v) is 13.5. The zero-order valence-electron chi connectivity index (χ0n) is 12.7. The second kappa shape index (κ2) is 6.19. The summed E-state index contributed by atoms with van der Waals surface area (Å²) in [4.78, 5) is 12.2. The SMILES string of the molecule is Cc1ccc(NC(=O)c2ccc(NS(C)(=O)=O)cc2)cc1C. The Hall–Kier alpha value is -2.34. The topological polar surface area (TPSA) is 75.3 Å². The summed E-state index contributed by atoms with van der Waals surface area (Å²) >= 11 is 0. The number of benzene rings is 2. The van der Waals surface area contributed by atoms with Crippen LogP contribution in [0, 0.1) is 13.8 Å². The zero-order chi connectivity index (χ0) is 16.3. The first-order chi connectivity index (χ1) is 10.2. The third-order valence-corrected chi connectivity index (χ3v) is 3.82. The number of aryl methyl sites for hydroxylation is 2. The van der Waals surface area contributed by atoms with Gasteiger partial charge in [-0.05, 0) is 61.4 Å². The average Bonchev–Trinajstić information content (AvgIpc) is 2.42. The van der Waals surface area contributed by atoms with Crippen LogP contribution in [0.5, 0.6) is 0 Å². The van der Waals surface area contributed by atoms with Gasteiger partial charge in [0.2, 0.25) is 10.0 Å². The van der Waals surface area contributed by atoms with Crippen LogP contribution in [0.4, 0.5) is 11.4 Å². The largest absolute Gasteiger partial charge is 0.322 e. The second-order valence-corrected chi connectivity index (χ2v) is 6.95. The van der Waals surface area contributed by atoms with Crippen molar-refractivity contribution in [3.63, 3.8) is 0 Å². The van der Waals surface area contributed by atoms with Crippen LogP contribution in [0.15, 0.2) is 42.5 Å². The molecule has 5 nitrogen and oxygen atoms in total. The highest BCUT2D eigenvalue weighted by atomic mass is 32.2. The first-order valence-corrected chi connectivity index (χ1v) is 8.60. The van der Waals surface area contributed by atoms with E-state index in [0.29, 0.717) is 11.3 Å². The molecule has 0 radical (unpaired) electrons. The van der Waals surface area contributed by atoms with Gasteiger partial charge in [-0.2, -0.15) is 0 Å². The molecule has 0 aliphatic heterocycles. The molecule has 0 aliphatic carbocycles. The smallest absolute Gasteiger partial charge is 0.255 e. The van der Waals surface area contributed by atoms with Gasteiger partial charge in [-0.25, -0.2) is 8.42 Å². The van der Waals surface area contributed by atoms with Gasteiger partial charge < -0.3 is 5.32 Å². The molecule has 0 fully saturated rings. The molecule has 0 saturated heterocycles. The lowest BCUT2D eigenvalue weighted by Gasteiger charge is -2.08. The van der Waals surface area contributed by atoms with Gasteiger partial charge in [-0.15, -0.1) is 0 Å². The Morgan fingerprint density at radius 1 is 0.909 bits per heavy atom. The molecule has 0 unspecified atom stereocenters. The minimum atomic E-state index is -3.32. The molecule has 0 saturated carbocycles. The Kier molecular flexibility index (Phi) is 4.51. The number of sulfonamides is 1. The predicted octanol–water partition coefficient (Wildman–Crippen LogP) is 2.93. The highest BCUT2D eigenvalue weighted by Crippen LogP contribution is 2.16. The molecule has 1 amide bonds. The lowest BCUT2D eigenvalue weighted by Crippen LogP contribution is -2.13. The summed E-state index contributed by atoms with van der Waals surface area (Å²) in [6, 6.07) is 12.0. The summed E-state index contributed by atoms with van der Waals surface area (Å²) in [5, 5.41) is 2.82. The van der Waals surface area contributed by atoms with E-state index >= 15 is 0 Å². The molecule has 2 aromatic rings. The maximum absolute atomic E-state index is 12.2. The summed E-state index contributed by atoms with van der Waals surface area (Å²) in [5.74, 6) is -0.242. The average molecular weight is 318 g/mol. The third-order valence-electron chi connectivity index (χ3n) is 3.22. The first kappa shape index (κ1) is 16.0. The van der Waals surface area contributed by atoms with Gasteiger partial charge in [0.05, 0.1) is 6.26 Å². The van der Waals surface area contributed by atoms with Crippen LogP contribution in [0.25, 0.3) is 0 Å². The molecule has 0 aliphatic rings. The van der Waals surface area contributed by atoms with E-state index in [4.69, 9.17) is 0 Å². The van der Waals surface area contributed by atoms with Crippen LogP contribution in [-0.2, 0) is 10.0 Å². The van der Waals surface area contributed by atoms with Crippen LogP contribution < -0.4 is 10.0 Å². The maximum Gasteiger partial charge on any atom is 0.255 e. The fourth-order valence-electron chi connectivity index (χ4n) is 1.93. The highest BCUT2D eigenvalue weighted by Gasteiger charge is 2.08. The maximum atomic E-state index is 12.2. The number of carbonyl (C=O) groups excluding carboxylic acids is 1. The van der Waals surface area contributed by atoms with E-state index in [2.05, 4.69) is 10.0 Å². The van der Waals surface area contributed by atoms with Gasteiger partial charge in [0.25, 0.3) is 5.91 Å². The minimum Gasteiger partial charge on any atom is -0.322 e. The Labute approximate surface area is 130 Å². The molecule has 0 aromatic heterocycles. The van der Waals surface area contributed by atoms with E-state index < -0.39 is 10.0 Å². The molecule has 0 bridgehead atoms. The second-order valence-electron chi connectivity index (χ2n) is 5.20. The number of carbonyl (C=O) groups is 1. The molecule has 116 valence electrons. The standard InChI is InChI=1S/C16H18N2O3S/c1-11-4-7-15(10-12(11)2)17-16(19)13-5-8-14(9-6-13)18-22(3,20)21/h4-10,18H,1-3H3,(H,17,19). The van der Waals surface area contributed by atoms with Crippen molar-refractivity contribution in [3.8, 4) is 0 Å². The predicted molar refractivity (Wildman–Crippen MR) is 88.8 cm³/mol. The summed E-state index contributed by atoms with van der Waals surface area (Å²) in [5.41, 5.74) is 3.87. The van der Waals surface area contributed by atoms with Crippen LogP contribution in [0.1, 0.15) is 21.5 Å². The lowest BCUT2D eigenvalue weighted by atomic mass is 10.1. The van der Waals surface area contributed by atoms with Crippen molar-refractivity contribution in [1.82, 2.24) is 0 Å². The number of amides is 1. The van der Waals surface area contributed by atoms with E-state index in [1.54, 1.807) is 24.3 Å². The summed E-state index contributed by atoms with van der Waals surface area (Å²) in [7, 11) is -3.32. The van der Waals surface area contributed by atoms with E-state index in [9.17, 15) is 13.2 Å². The van der Waals surface area contributed by atoms with Crippen LogP contribution in [-0.4, -0.2) is 20.6 Å². The van der Waals surface area contributed by atoms with Crippen LogP contribution in [0.2, 0.25) is 0 Å². The van der Waals surface area contributed by atoms with Crippen molar-refractivity contribution < 1.29 is 13.2 Å². The molecule has 0 spiro atoms. The minimum absolute atomic E-state index is 0.242. The van der Waals surface area contributed by atoms with Crippen molar-refractivity contribution >= 4 is 27.3 Å². The number of nitrogens with one attached hydrogen (secondary N) is 2. The molecule has 2 N–H and O–H groups in total. The molecule has 22 heavy (non-hydrogen) atoms. The van der Waals surface area contributed by atoms with Crippen molar-refractivity contribution in [1.29, 1.82) is 0 Å². The van der Waals surface area contributed by atoms with E-state index in [0.717, 1.165) is 23.1 Å². The summed E-state index contributed by atoms with van der Waals surface area (Å²) in [6.45, 7) is 3.99. The molecule has 2 rings (SSSR count). The van der Waals surface area contributed by atoms with Gasteiger partial charge in [-0.1, -0.05) is 6.07 Å². The number of anilines is 2. The Morgan fingerprint density at radius 3 is 2.05 bits per heavy atom. The van der Waals surface area contributed by atoms with Crippen LogP contribution in [0.3, 0.4) is 0 Å². The number of hydrogen-bond donors (Lipinski definition) is 2. The molecule has 0 heterocycles. The van der Waals surface area contributed by atoms with Crippen molar-refractivity contribution in [2.24, 2.45) is 0 Å². The third kappa shape index (κ3) is 4.33. The monoisotopic (exact) mass is 318 g/mol. The fourth-order valence-corrected chi connectivity index (χ4v) is 2.49. The molecular weight excluding hydrogens is 300 g/mol. The number of rotatable bonds is 4. The van der Waals surface area contributed by atoms with Crippen molar-refractivity contribution in [2.45, 2.75) is 13.8 Å². The highest BCUT2D eigenvalue weighted by molar-refractivity contribution is 7.92. The van der Waals surface area contributed by atoms with Gasteiger partial charge in [0, 0.05) is 16.9 Å². The lowest BCUT2D eigenvalue weighted by molar-refractivity contribution is 0.102. The van der Waals surface area contributed by atoms with E-state index in [1.807, 2.05) is 32.0 Å². The Morgan fingerprint density at radius 2 is 1.50 bits per heavy atom. The summed E-state index contributed by atoms with van der Waals surface area (Å²) < 4.78 is 24.6.